The van der Waals surface area contributed by atoms with Crippen LogP contribution in [0.3, 0.4) is 0 Å². The highest BCUT2D eigenvalue weighted by Crippen LogP contribution is 2.60. The molecule has 0 aliphatic carbocycles. The molecule has 1 heterocycles. The van der Waals surface area contributed by atoms with Gasteiger partial charge in [-0.05, 0) is 37.1 Å². The molecule has 3 heteroatoms. The fraction of sp³-hybridized carbons (Fsp3) is 0.409. The van der Waals surface area contributed by atoms with Crippen LogP contribution in [0.4, 0.5) is 0 Å². The van der Waals surface area contributed by atoms with Crippen LogP contribution in [-0.4, -0.2) is 12.9 Å². The van der Waals surface area contributed by atoms with Gasteiger partial charge in [0.25, 0.3) is 0 Å². The summed E-state index contributed by atoms with van der Waals surface area (Å²) in [6, 6.07) is 16.7. The summed E-state index contributed by atoms with van der Waals surface area (Å²) in [6.45, 7) is 8.46. The summed E-state index contributed by atoms with van der Waals surface area (Å²) < 4.78 is 5.00. The van der Waals surface area contributed by atoms with E-state index >= 15 is 0 Å². The molecule has 0 bridgehead atoms. The molecule has 0 radical (unpaired) electrons. The molecule has 2 atom stereocenters. The van der Waals surface area contributed by atoms with E-state index in [9.17, 15) is 4.79 Å². The van der Waals surface area contributed by atoms with Crippen LogP contribution in [0.1, 0.15) is 49.1 Å². The first-order valence-electron chi connectivity index (χ1n) is 8.70. The van der Waals surface area contributed by atoms with E-state index in [1.54, 1.807) is 7.11 Å². The minimum atomic E-state index is -0.423. The van der Waals surface area contributed by atoms with E-state index in [0.29, 0.717) is 12.2 Å². The van der Waals surface area contributed by atoms with Crippen molar-refractivity contribution < 1.29 is 9.53 Å². The van der Waals surface area contributed by atoms with Crippen molar-refractivity contribution in [3.63, 3.8) is 0 Å². The van der Waals surface area contributed by atoms with Crippen LogP contribution in [-0.2, 0) is 9.54 Å². The number of thioether (sulfide) groups is 1. The summed E-state index contributed by atoms with van der Waals surface area (Å²) in [7, 11) is 1.67. The lowest BCUT2D eigenvalue weighted by Crippen LogP contribution is -2.47. The molecule has 2 aromatic rings. The lowest BCUT2D eigenvalue weighted by molar-refractivity contribution is -0.129. The smallest absolute Gasteiger partial charge is 0.141 e. The van der Waals surface area contributed by atoms with Crippen molar-refractivity contribution in [2.45, 2.75) is 44.1 Å². The zero-order chi connectivity index (χ0) is 18.2. The third-order valence-electron chi connectivity index (χ3n) is 5.73. The van der Waals surface area contributed by atoms with E-state index in [2.05, 4.69) is 64.1 Å². The highest BCUT2D eigenvalue weighted by molar-refractivity contribution is 8.00. The summed E-state index contributed by atoms with van der Waals surface area (Å²) >= 11 is 1.91. The van der Waals surface area contributed by atoms with Gasteiger partial charge >= 0.3 is 0 Å². The number of ether oxygens (including phenoxy) is 1. The second-order valence-electron chi connectivity index (χ2n) is 7.53. The topological polar surface area (TPSA) is 26.3 Å². The van der Waals surface area contributed by atoms with Crippen LogP contribution < -0.4 is 4.74 Å². The lowest BCUT2D eigenvalue weighted by Gasteiger charge is -2.49. The zero-order valence-corrected chi connectivity index (χ0v) is 16.4. The monoisotopic (exact) mass is 354 g/mol. The van der Waals surface area contributed by atoms with Gasteiger partial charge in [-0.15, -0.1) is 11.8 Å². The van der Waals surface area contributed by atoms with Gasteiger partial charge in [0, 0.05) is 17.1 Å². The second kappa shape index (κ2) is 6.53. The van der Waals surface area contributed by atoms with Gasteiger partial charge in [-0.3, -0.25) is 4.79 Å². The molecule has 0 unspecified atom stereocenters. The molecular formula is C22H26O2S. The molecule has 0 aromatic heterocycles. The molecule has 1 fully saturated rings. The molecule has 0 saturated carbocycles. The van der Waals surface area contributed by atoms with Gasteiger partial charge in [0.1, 0.15) is 11.5 Å². The summed E-state index contributed by atoms with van der Waals surface area (Å²) in [5, 5.41) is 0.188. The Kier molecular flexibility index (Phi) is 4.72. The Labute approximate surface area is 155 Å². The predicted octanol–water partition coefficient (Wildman–Crippen LogP) is 5.69. The molecule has 132 valence electrons. The summed E-state index contributed by atoms with van der Waals surface area (Å²) in [6.07, 6.45) is 0.590. The first kappa shape index (κ1) is 18.1. The van der Waals surface area contributed by atoms with Crippen LogP contribution in [0.25, 0.3) is 0 Å². The molecular weight excluding hydrogens is 328 g/mol. The first-order chi connectivity index (χ1) is 11.8. The molecule has 1 aliphatic rings. The number of carbonyl (C=O) groups is 1. The number of carbonyl (C=O) groups excluding carboxylic acids is 1. The molecule has 2 nitrogen and oxygen atoms in total. The van der Waals surface area contributed by atoms with Crippen molar-refractivity contribution in [1.82, 2.24) is 0 Å². The molecule has 1 aliphatic heterocycles. The van der Waals surface area contributed by atoms with Crippen molar-refractivity contribution in [2.24, 2.45) is 5.41 Å². The number of rotatable bonds is 3. The van der Waals surface area contributed by atoms with Crippen molar-refractivity contribution in [2.75, 3.05) is 7.11 Å². The number of ketones is 1. The number of hydrogen-bond donors (Lipinski definition) is 0. The fourth-order valence-electron chi connectivity index (χ4n) is 3.47. The summed E-state index contributed by atoms with van der Waals surface area (Å²) in [5.41, 5.74) is 3.23. The zero-order valence-electron chi connectivity index (χ0n) is 15.6. The van der Waals surface area contributed by atoms with Gasteiger partial charge in [0.2, 0.25) is 0 Å². The standard InChI is InChI=1S/C22H26O2S/c1-15-6-8-16(9-7-15)19-14-20(23)21(2,3)22(4,25-19)17-10-12-18(24-5)13-11-17/h6-13,19H,14H2,1-5H3/t19-,22+/m1/s1. The maximum Gasteiger partial charge on any atom is 0.141 e. The normalized spacial score (nSPS) is 25.6. The van der Waals surface area contributed by atoms with E-state index in [0.717, 1.165) is 5.75 Å². The van der Waals surface area contributed by atoms with Crippen LogP contribution in [0.2, 0.25) is 0 Å². The Hall–Kier alpha value is -1.74. The average Bonchev–Trinajstić information content (AvgIpc) is 2.60. The molecule has 1 saturated heterocycles. The van der Waals surface area contributed by atoms with Crippen LogP contribution in [0.5, 0.6) is 5.75 Å². The summed E-state index contributed by atoms with van der Waals surface area (Å²) in [5.74, 6) is 1.17. The molecule has 0 N–H and O–H groups in total. The maximum absolute atomic E-state index is 13.0. The summed E-state index contributed by atoms with van der Waals surface area (Å²) in [4.78, 5) is 13.0. The first-order valence-corrected chi connectivity index (χ1v) is 9.58. The van der Waals surface area contributed by atoms with Crippen molar-refractivity contribution in [3.8, 4) is 5.75 Å². The minimum Gasteiger partial charge on any atom is -0.497 e. The highest BCUT2D eigenvalue weighted by atomic mass is 32.2. The largest absolute Gasteiger partial charge is 0.497 e. The van der Waals surface area contributed by atoms with Crippen molar-refractivity contribution in [3.05, 3.63) is 65.2 Å². The number of hydrogen-bond acceptors (Lipinski definition) is 3. The van der Waals surface area contributed by atoms with E-state index < -0.39 is 5.41 Å². The third-order valence-corrected chi connectivity index (χ3v) is 7.67. The molecule has 0 amide bonds. The van der Waals surface area contributed by atoms with Crippen molar-refractivity contribution >= 4 is 17.5 Å². The molecule has 3 rings (SSSR count). The SMILES string of the molecule is COc1ccc([C@]2(C)S[C@@H](c3ccc(C)cc3)CC(=O)C2(C)C)cc1. The van der Waals surface area contributed by atoms with Gasteiger partial charge in [0.15, 0.2) is 0 Å². The Morgan fingerprint density at radius 1 is 1.00 bits per heavy atom. The van der Waals surface area contributed by atoms with E-state index in [4.69, 9.17) is 4.74 Å². The Balaban J connectivity index is 2.01. The van der Waals surface area contributed by atoms with Gasteiger partial charge in [0.05, 0.1) is 11.9 Å². The van der Waals surface area contributed by atoms with E-state index in [1.807, 2.05) is 23.9 Å². The quantitative estimate of drug-likeness (QED) is 0.708. The lowest BCUT2D eigenvalue weighted by atomic mass is 9.70. The van der Waals surface area contributed by atoms with Crippen LogP contribution in [0, 0.1) is 12.3 Å². The number of aryl methyl sites for hydroxylation is 1. The maximum atomic E-state index is 13.0. The van der Waals surface area contributed by atoms with E-state index in [1.165, 1.54) is 16.7 Å². The minimum absolute atomic E-state index is 0.188. The Morgan fingerprint density at radius 2 is 1.60 bits per heavy atom. The van der Waals surface area contributed by atoms with Crippen molar-refractivity contribution in [1.29, 1.82) is 0 Å². The third kappa shape index (κ3) is 3.10. The number of Topliss-reactive ketones (excluding diaryl/α,β-unsaturated/α-hetero) is 1. The molecule has 2 aromatic carbocycles. The van der Waals surface area contributed by atoms with E-state index in [-0.39, 0.29) is 10.00 Å². The number of benzene rings is 2. The average molecular weight is 355 g/mol. The van der Waals surface area contributed by atoms with Gasteiger partial charge in [-0.1, -0.05) is 55.8 Å². The number of methoxy groups -OCH3 is 1. The fourth-order valence-corrected chi connectivity index (χ4v) is 5.25. The molecule has 25 heavy (non-hydrogen) atoms. The Morgan fingerprint density at radius 3 is 2.16 bits per heavy atom. The second-order valence-corrected chi connectivity index (χ2v) is 9.15. The van der Waals surface area contributed by atoms with Crippen LogP contribution >= 0.6 is 11.8 Å². The molecule has 0 spiro atoms. The van der Waals surface area contributed by atoms with Gasteiger partial charge < -0.3 is 4.74 Å². The Bertz CT molecular complexity index is 762. The highest BCUT2D eigenvalue weighted by Gasteiger charge is 2.53. The van der Waals surface area contributed by atoms with Crippen LogP contribution in [0.15, 0.2) is 48.5 Å². The van der Waals surface area contributed by atoms with Gasteiger partial charge in [-0.25, -0.2) is 0 Å². The predicted molar refractivity (Wildman–Crippen MR) is 105 cm³/mol. The van der Waals surface area contributed by atoms with Gasteiger partial charge in [-0.2, -0.15) is 0 Å².